The Kier molecular flexibility index (Phi) is 4.76. The molecule has 4 heterocycles. The van der Waals surface area contributed by atoms with Crippen LogP contribution in [0.4, 0.5) is 0 Å². The normalized spacial score (nSPS) is 11.0. The zero-order valence-corrected chi connectivity index (χ0v) is 16.7. The molecule has 0 N–H and O–H groups in total. The number of hydrogen-bond donors (Lipinski definition) is 0. The first kappa shape index (κ1) is 18.7. The number of carbonyl (C=O) groups excluding carboxylic acids is 1. The van der Waals surface area contributed by atoms with Gasteiger partial charge in [0.15, 0.2) is 5.65 Å². The monoisotopic (exact) mass is 410 g/mol. The van der Waals surface area contributed by atoms with E-state index in [1.165, 1.54) is 0 Å². The average Bonchev–Trinajstić information content (AvgIpc) is 3.49. The van der Waals surface area contributed by atoms with Gasteiger partial charge in [0.1, 0.15) is 0 Å². The Morgan fingerprint density at radius 3 is 2.77 bits per heavy atom. The van der Waals surface area contributed by atoms with Crippen LogP contribution in [0, 0.1) is 0 Å². The van der Waals surface area contributed by atoms with Crippen LogP contribution in [0.5, 0.6) is 0 Å². The van der Waals surface area contributed by atoms with Gasteiger partial charge >= 0.3 is 5.97 Å². The molecule has 0 atom stereocenters. The van der Waals surface area contributed by atoms with E-state index in [1.54, 1.807) is 54.7 Å². The highest BCUT2D eigenvalue weighted by Gasteiger charge is 2.12. The Morgan fingerprint density at radius 2 is 1.94 bits per heavy atom. The molecule has 7 nitrogen and oxygen atoms in total. The number of rotatable bonds is 5. The number of pyridine rings is 1. The van der Waals surface area contributed by atoms with E-state index in [9.17, 15) is 4.79 Å². The largest absolute Gasteiger partial charge is 0.472 e. The first-order valence-electron chi connectivity index (χ1n) is 9.83. The number of furan rings is 1. The van der Waals surface area contributed by atoms with Gasteiger partial charge in [-0.2, -0.15) is 5.10 Å². The minimum atomic E-state index is -0.340. The number of imidazole rings is 1. The fraction of sp³-hybridized carbons (Fsp3) is 0.0833. The van der Waals surface area contributed by atoms with E-state index in [0.29, 0.717) is 17.8 Å². The smallest absolute Gasteiger partial charge is 0.338 e. The lowest BCUT2D eigenvalue weighted by Crippen LogP contribution is -2.04. The molecule has 4 aromatic heterocycles. The third kappa shape index (κ3) is 3.57. The molecule has 7 heteroatoms. The van der Waals surface area contributed by atoms with Crippen molar-refractivity contribution in [2.45, 2.75) is 6.92 Å². The molecule has 0 saturated heterocycles. The molecule has 152 valence electrons. The topological polar surface area (TPSA) is 82.5 Å². The van der Waals surface area contributed by atoms with Gasteiger partial charge in [-0.15, -0.1) is 0 Å². The molecule has 0 aliphatic rings. The number of nitrogens with zero attached hydrogens (tertiary/aromatic N) is 4. The summed E-state index contributed by atoms with van der Waals surface area (Å²) in [5.74, 6) is -0.340. The Labute approximate surface area is 178 Å². The van der Waals surface area contributed by atoms with Crippen LogP contribution in [-0.4, -0.2) is 32.2 Å². The third-order valence-electron chi connectivity index (χ3n) is 4.94. The average molecular weight is 410 g/mol. The molecule has 0 aliphatic heterocycles. The van der Waals surface area contributed by atoms with Gasteiger partial charge in [-0.05, 0) is 48.9 Å². The molecule has 0 fully saturated rings. The second-order valence-corrected chi connectivity index (χ2v) is 6.90. The van der Waals surface area contributed by atoms with Crippen molar-refractivity contribution >= 4 is 11.6 Å². The van der Waals surface area contributed by atoms with E-state index in [1.807, 2.05) is 36.4 Å². The number of benzene rings is 1. The predicted octanol–water partition coefficient (Wildman–Crippen LogP) is 4.90. The summed E-state index contributed by atoms with van der Waals surface area (Å²) in [4.78, 5) is 21.0. The summed E-state index contributed by atoms with van der Waals surface area (Å²) in [7, 11) is 0. The molecule has 1 aromatic carbocycles. The van der Waals surface area contributed by atoms with Crippen molar-refractivity contribution in [3.63, 3.8) is 0 Å². The van der Waals surface area contributed by atoms with Gasteiger partial charge in [0.25, 0.3) is 0 Å². The minimum Gasteiger partial charge on any atom is -0.472 e. The van der Waals surface area contributed by atoms with E-state index in [2.05, 4.69) is 15.1 Å². The standard InChI is InChI=1S/C24H18N4O3/c1-2-31-24(29)18-5-3-4-16(10-18)20-12-23-26-14-22(28(23)27-13-20)17-6-8-25-21(11-17)19-7-9-30-15-19/h3-15H,2H2,1H3. The van der Waals surface area contributed by atoms with Crippen molar-refractivity contribution in [2.24, 2.45) is 0 Å². The molecular weight excluding hydrogens is 392 g/mol. The van der Waals surface area contributed by atoms with Crippen molar-refractivity contribution < 1.29 is 13.9 Å². The highest BCUT2D eigenvalue weighted by atomic mass is 16.5. The molecule has 0 bridgehead atoms. The summed E-state index contributed by atoms with van der Waals surface area (Å²) in [6.07, 6.45) is 8.59. The van der Waals surface area contributed by atoms with Crippen LogP contribution >= 0.6 is 0 Å². The van der Waals surface area contributed by atoms with Gasteiger partial charge in [-0.3, -0.25) is 4.98 Å². The van der Waals surface area contributed by atoms with Gasteiger partial charge in [0, 0.05) is 22.9 Å². The van der Waals surface area contributed by atoms with E-state index >= 15 is 0 Å². The predicted molar refractivity (Wildman–Crippen MR) is 115 cm³/mol. The Hall–Kier alpha value is -4.26. The van der Waals surface area contributed by atoms with Crippen LogP contribution in [0.3, 0.4) is 0 Å². The summed E-state index contributed by atoms with van der Waals surface area (Å²) in [6.45, 7) is 2.13. The zero-order chi connectivity index (χ0) is 21.2. The molecule has 0 aliphatic carbocycles. The van der Waals surface area contributed by atoms with Gasteiger partial charge in [-0.25, -0.2) is 14.3 Å². The maximum Gasteiger partial charge on any atom is 0.338 e. The maximum atomic E-state index is 12.0. The number of hydrogen-bond acceptors (Lipinski definition) is 6. The third-order valence-corrected chi connectivity index (χ3v) is 4.94. The lowest BCUT2D eigenvalue weighted by molar-refractivity contribution is 0.0526. The van der Waals surface area contributed by atoms with E-state index in [4.69, 9.17) is 9.15 Å². The highest BCUT2D eigenvalue weighted by Crippen LogP contribution is 2.27. The van der Waals surface area contributed by atoms with Crippen molar-refractivity contribution in [3.05, 3.63) is 85.2 Å². The number of ether oxygens (including phenoxy) is 1. The lowest BCUT2D eigenvalue weighted by atomic mass is 10.1. The fourth-order valence-electron chi connectivity index (χ4n) is 3.43. The second kappa shape index (κ2) is 7.87. The quantitative estimate of drug-likeness (QED) is 0.384. The number of fused-ring (bicyclic) bond motifs is 1. The van der Waals surface area contributed by atoms with Crippen LogP contribution in [0.2, 0.25) is 0 Å². The highest BCUT2D eigenvalue weighted by molar-refractivity contribution is 5.91. The summed E-state index contributed by atoms with van der Waals surface area (Å²) < 4.78 is 12.0. The van der Waals surface area contributed by atoms with Crippen LogP contribution in [0.25, 0.3) is 39.3 Å². The fourth-order valence-corrected chi connectivity index (χ4v) is 3.43. The van der Waals surface area contributed by atoms with Crippen LogP contribution in [0.15, 0.2) is 84.1 Å². The van der Waals surface area contributed by atoms with Crippen molar-refractivity contribution in [1.82, 2.24) is 19.6 Å². The molecule has 31 heavy (non-hydrogen) atoms. The SMILES string of the molecule is CCOC(=O)c1cccc(-c2cnn3c(-c4ccnc(-c5ccoc5)c4)cnc3c2)c1. The van der Waals surface area contributed by atoms with E-state index < -0.39 is 0 Å². The lowest BCUT2D eigenvalue weighted by Gasteiger charge is -2.07. The Balaban J connectivity index is 1.51. The molecule has 0 unspecified atom stereocenters. The number of aromatic nitrogens is 4. The Bertz CT molecular complexity index is 1370. The van der Waals surface area contributed by atoms with Crippen LogP contribution < -0.4 is 0 Å². The van der Waals surface area contributed by atoms with E-state index in [-0.39, 0.29) is 5.97 Å². The Morgan fingerprint density at radius 1 is 1.00 bits per heavy atom. The molecule has 5 rings (SSSR count). The van der Waals surface area contributed by atoms with Gasteiger partial charge in [0.05, 0.1) is 48.5 Å². The first-order valence-corrected chi connectivity index (χ1v) is 9.83. The number of esters is 1. The molecule has 5 aromatic rings. The molecule has 0 saturated carbocycles. The summed E-state index contributed by atoms with van der Waals surface area (Å²) in [5.41, 5.74) is 6.47. The first-order chi connectivity index (χ1) is 15.2. The van der Waals surface area contributed by atoms with Crippen LogP contribution in [0.1, 0.15) is 17.3 Å². The van der Waals surface area contributed by atoms with Gasteiger partial charge in [0.2, 0.25) is 0 Å². The molecular formula is C24H18N4O3. The molecule has 0 radical (unpaired) electrons. The maximum absolute atomic E-state index is 12.0. The molecule has 0 amide bonds. The summed E-state index contributed by atoms with van der Waals surface area (Å²) in [5, 5.41) is 4.60. The van der Waals surface area contributed by atoms with Gasteiger partial charge in [-0.1, -0.05) is 12.1 Å². The van der Waals surface area contributed by atoms with Gasteiger partial charge < -0.3 is 9.15 Å². The zero-order valence-electron chi connectivity index (χ0n) is 16.7. The molecule has 0 spiro atoms. The van der Waals surface area contributed by atoms with Crippen LogP contribution in [-0.2, 0) is 4.74 Å². The second-order valence-electron chi connectivity index (χ2n) is 6.90. The number of carbonyl (C=O) groups is 1. The summed E-state index contributed by atoms with van der Waals surface area (Å²) in [6, 6.07) is 15.0. The summed E-state index contributed by atoms with van der Waals surface area (Å²) >= 11 is 0. The van der Waals surface area contributed by atoms with E-state index in [0.717, 1.165) is 33.6 Å². The minimum absolute atomic E-state index is 0.338. The van der Waals surface area contributed by atoms with Crippen molar-refractivity contribution in [1.29, 1.82) is 0 Å². The van der Waals surface area contributed by atoms with Crippen molar-refractivity contribution in [3.8, 4) is 33.6 Å². The van der Waals surface area contributed by atoms with Crippen molar-refractivity contribution in [2.75, 3.05) is 6.61 Å².